The number of rotatable bonds is 10. The summed E-state index contributed by atoms with van der Waals surface area (Å²) in [4.78, 5) is 51.3. The first-order valence-corrected chi connectivity index (χ1v) is 16.0. The van der Waals surface area contributed by atoms with E-state index in [4.69, 9.17) is 9.47 Å². The first kappa shape index (κ1) is 31.4. The number of alkyl carbamates (subject to hydrolysis) is 1. The maximum absolute atomic E-state index is 13.4. The molecule has 49 heavy (non-hydrogen) atoms. The van der Waals surface area contributed by atoms with E-state index in [0.29, 0.717) is 0 Å². The third kappa shape index (κ3) is 6.26. The van der Waals surface area contributed by atoms with Gasteiger partial charge in [-0.15, -0.1) is 0 Å². The third-order valence-electron chi connectivity index (χ3n) is 9.13. The Morgan fingerprint density at radius 1 is 0.571 bits per heavy atom. The minimum atomic E-state index is -1.56. The summed E-state index contributed by atoms with van der Waals surface area (Å²) in [5.74, 6) is -2.35. The van der Waals surface area contributed by atoms with Crippen molar-refractivity contribution >= 4 is 29.6 Å². The SMILES string of the molecule is O=C(Nc1ccccc1C(=O)C[C@@H](NC(=O)OCC1c2ccccc2-c2ccccc21)C(=O)O)OCC1c2ccccc2-c2ccccc21. The number of hydrogen-bond donors (Lipinski definition) is 3. The van der Waals surface area contributed by atoms with Crippen LogP contribution in [-0.4, -0.2) is 48.3 Å². The fourth-order valence-electron chi connectivity index (χ4n) is 6.86. The summed E-state index contributed by atoms with van der Waals surface area (Å²) in [7, 11) is 0. The summed E-state index contributed by atoms with van der Waals surface area (Å²) in [6, 6.07) is 36.4. The highest BCUT2D eigenvalue weighted by Crippen LogP contribution is 2.45. The number of benzene rings is 5. The Kier molecular flexibility index (Phi) is 8.64. The van der Waals surface area contributed by atoms with Crippen LogP contribution in [0.4, 0.5) is 15.3 Å². The molecule has 9 heteroatoms. The quantitative estimate of drug-likeness (QED) is 0.132. The molecule has 3 N–H and O–H groups in total. The zero-order chi connectivity index (χ0) is 33.9. The molecule has 9 nitrogen and oxygen atoms in total. The molecule has 1 atom stereocenters. The number of Topliss-reactive ketones (excluding diaryl/α,β-unsaturated/α-hetero) is 1. The molecular formula is C40H32N2O7. The first-order valence-electron chi connectivity index (χ1n) is 16.0. The lowest BCUT2D eigenvalue weighted by Gasteiger charge is -2.18. The number of carboxylic acid groups (broad SMARTS) is 1. The fraction of sp³-hybridized carbons (Fsp3) is 0.150. The van der Waals surface area contributed by atoms with Crippen molar-refractivity contribution in [2.75, 3.05) is 18.5 Å². The van der Waals surface area contributed by atoms with Crippen LogP contribution >= 0.6 is 0 Å². The van der Waals surface area contributed by atoms with Gasteiger partial charge in [-0.25, -0.2) is 14.4 Å². The van der Waals surface area contributed by atoms with Crippen molar-refractivity contribution in [1.29, 1.82) is 0 Å². The van der Waals surface area contributed by atoms with Crippen LogP contribution in [0.2, 0.25) is 0 Å². The van der Waals surface area contributed by atoms with E-state index in [2.05, 4.69) is 10.6 Å². The van der Waals surface area contributed by atoms with Crippen molar-refractivity contribution in [3.63, 3.8) is 0 Å². The molecule has 0 saturated carbocycles. The Labute approximate surface area is 282 Å². The van der Waals surface area contributed by atoms with Crippen LogP contribution in [-0.2, 0) is 14.3 Å². The number of ether oxygens (including phenoxy) is 2. The largest absolute Gasteiger partial charge is 0.480 e. The van der Waals surface area contributed by atoms with Gasteiger partial charge in [0.15, 0.2) is 5.78 Å². The molecule has 0 aromatic heterocycles. The van der Waals surface area contributed by atoms with Gasteiger partial charge in [-0.3, -0.25) is 10.1 Å². The van der Waals surface area contributed by atoms with Gasteiger partial charge in [-0.05, 0) is 56.6 Å². The molecule has 0 saturated heterocycles. The lowest BCUT2D eigenvalue weighted by atomic mass is 9.98. The van der Waals surface area contributed by atoms with Crippen molar-refractivity contribution in [3.8, 4) is 22.3 Å². The number of nitrogens with one attached hydrogen (secondary N) is 2. The van der Waals surface area contributed by atoms with E-state index in [1.165, 1.54) is 12.1 Å². The van der Waals surface area contributed by atoms with Crippen LogP contribution in [0.5, 0.6) is 0 Å². The molecule has 0 fully saturated rings. The molecule has 0 unspecified atom stereocenters. The van der Waals surface area contributed by atoms with E-state index in [1.807, 2.05) is 97.1 Å². The summed E-state index contributed by atoms with van der Waals surface area (Å²) in [5, 5.41) is 14.8. The zero-order valence-corrected chi connectivity index (χ0v) is 26.3. The maximum atomic E-state index is 13.4. The lowest BCUT2D eigenvalue weighted by molar-refractivity contribution is -0.139. The molecule has 0 radical (unpaired) electrons. The predicted molar refractivity (Wildman–Crippen MR) is 184 cm³/mol. The number of para-hydroxylation sites is 1. The minimum Gasteiger partial charge on any atom is -0.480 e. The average molecular weight is 653 g/mol. The molecule has 0 heterocycles. The van der Waals surface area contributed by atoms with Crippen LogP contribution in [0.3, 0.4) is 0 Å². The standard InChI is InChI=1S/C40H32N2O7/c43-37(21-36(38(44)45)42-40(47)49-23-34-30-17-7-3-13-26(30)27-14-4-8-18-31(27)34)32-19-9-10-20-35(32)41-39(46)48-22-33-28-15-5-1-11-24(28)25-12-2-6-16-29(25)33/h1-20,33-34,36H,21-23H2,(H,41,46)(H,42,47)(H,44,45)/t36-/m1/s1. The van der Waals surface area contributed by atoms with Crippen LogP contribution in [0, 0.1) is 0 Å². The number of aliphatic carboxylic acids is 1. The Balaban J connectivity index is 0.973. The van der Waals surface area contributed by atoms with Crippen LogP contribution in [0.1, 0.15) is 50.9 Å². The third-order valence-corrected chi connectivity index (χ3v) is 9.13. The van der Waals surface area contributed by atoms with Crippen molar-refractivity contribution in [2.45, 2.75) is 24.3 Å². The van der Waals surface area contributed by atoms with Gasteiger partial charge < -0.3 is 19.9 Å². The van der Waals surface area contributed by atoms with Crippen LogP contribution < -0.4 is 10.6 Å². The number of amides is 2. The van der Waals surface area contributed by atoms with E-state index in [1.54, 1.807) is 12.1 Å². The summed E-state index contributed by atoms with van der Waals surface area (Å²) in [6.07, 6.45) is -2.27. The summed E-state index contributed by atoms with van der Waals surface area (Å²) < 4.78 is 11.1. The smallest absolute Gasteiger partial charge is 0.411 e. The van der Waals surface area contributed by atoms with Gasteiger partial charge >= 0.3 is 18.2 Å². The molecule has 7 rings (SSSR count). The van der Waals surface area contributed by atoms with Crippen molar-refractivity contribution < 1.29 is 33.8 Å². The van der Waals surface area contributed by atoms with Gasteiger partial charge in [0.1, 0.15) is 19.3 Å². The van der Waals surface area contributed by atoms with E-state index in [0.717, 1.165) is 44.5 Å². The molecule has 0 bridgehead atoms. The highest BCUT2D eigenvalue weighted by atomic mass is 16.6. The first-order chi connectivity index (χ1) is 23.9. The normalized spacial score (nSPS) is 13.3. The van der Waals surface area contributed by atoms with E-state index in [-0.39, 0.29) is 36.3 Å². The Hall–Kier alpha value is -6.22. The van der Waals surface area contributed by atoms with Crippen molar-refractivity contribution in [1.82, 2.24) is 5.32 Å². The van der Waals surface area contributed by atoms with Gasteiger partial charge in [-0.1, -0.05) is 109 Å². The molecule has 0 spiro atoms. The van der Waals surface area contributed by atoms with Gasteiger partial charge in [0.2, 0.25) is 0 Å². The number of fused-ring (bicyclic) bond motifs is 6. The number of hydrogen-bond acceptors (Lipinski definition) is 6. The Morgan fingerprint density at radius 2 is 0.980 bits per heavy atom. The second kappa shape index (κ2) is 13.5. The van der Waals surface area contributed by atoms with Gasteiger partial charge in [-0.2, -0.15) is 0 Å². The number of carbonyl (C=O) groups is 4. The number of carboxylic acids is 1. The summed E-state index contributed by atoms with van der Waals surface area (Å²) in [6.45, 7) is 0.0775. The van der Waals surface area contributed by atoms with Crippen LogP contribution in [0.15, 0.2) is 121 Å². The predicted octanol–water partition coefficient (Wildman–Crippen LogP) is 7.61. The minimum absolute atomic E-state index is 0.00691. The topological polar surface area (TPSA) is 131 Å². The molecule has 2 aliphatic rings. The molecule has 5 aromatic rings. The van der Waals surface area contributed by atoms with Gasteiger partial charge in [0.25, 0.3) is 0 Å². The molecule has 5 aromatic carbocycles. The average Bonchev–Trinajstić information content (AvgIpc) is 3.62. The number of ketones is 1. The molecule has 2 aliphatic carbocycles. The number of anilines is 1. The second-order valence-electron chi connectivity index (χ2n) is 12.0. The second-order valence-corrected chi connectivity index (χ2v) is 12.0. The fourth-order valence-corrected chi connectivity index (χ4v) is 6.86. The van der Waals surface area contributed by atoms with Gasteiger partial charge in [0, 0.05) is 23.8 Å². The van der Waals surface area contributed by atoms with E-state index < -0.39 is 36.4 Å². The molecule has 2 amide bonds. The number of carbonyl (C=O) groups excluding carboxylic acids is 3. The van der Waals surface area contributed by atoms with Crippen molar-refractivity contribution in [2.24, 2.45) is 0 Å². The highest BCUT2D eigenvalue weighted by Gasteiger charge is 2.32. The molecular weight excluding hydrogens is 620 g/mol. The maximum Gasteiger partial charge on any atom is 0.411 e. The van der Waals surface area contributed by atoms with E-state index in [9.17, 15) is 24.3 Å². The van der Waals surface area contributed by atoms with Gasteiger partial charge in [0.05, 0.1) is 5.69 Å². The van der Waals surface area contributed by atoms with E-state index >= 15 is 0 Å². The Morgan fingerprint density at radius 3 is 1.45 bits per heavy atom. The highest BCUT2D eigenvalue weighted by molar-refractivity contribution is 6.05. The summed E-state index contributed by atoms with van der Waals surface area (Å²) >= 11 is 0. The summed E-state index contributed by atoms with van der Waals surface area (Å²) in [5.41, 5.74) is 8.73. The van der Waals surface area contributed by atoms with Crippen LogP contribution in [0.25, 0.3) is 22.3 Å². The van der Waals surface area contributed by atoms with Crippen molar-refractivity contribution in [3.05, 3.63) is 149 Å². The molecule has 0 aliphatic heterocycles. The lowest BCUT2D eigenvalue weighted by Crippen LogP contribution is -2.42. The monoisotopic (exact) mass is 652 g/mol. The zero-order valence-electron chi connectivity index (χ0n) is 26.3. The molecule has 244 valence electrons. The Bertz CT molecular complexity index is 2000.